The average Bonchev–Trinajstić information content (AvgIpc) is 3.46. The summed E-state index contributed by atoms with van der Waals surface area (Å²) < 4.78 is 13.7. The Labute approximate surface area is 227 Å². The van der Waals surface area contributed by atoms with Gasteiger partial charge in [-0.15, -0.1) is 0 Å². The first-order valence-electron chi connectivity index (χ1n) is 13.3. The highest BCUT2D eigenvalue weighted by Gasteiger charge is 2.42. The third-order valence-corrected chi connectivity index (χ3v) is 12.6. The van der Waals surface area contributed by atoms with Crippen LogP contribution in [0.4, 0.5) is 11.8 Å². The molecule has 2 heterocycles. The average molecular weight is 533 g/mol. The van der Waals surface area contributed by atoms with Gasteiger partial charge in [0, 0.05) is 50.1 Å². The van der Waals surface area contributed by atoms with E-state index in [2.05, 4.69) is 68.3 Å². The molecule has 3 aromatic rings. The van der Waals surface area contributed by atoms with Crippen LogP contribution >= 0.6 is 0 Å². The van der Waals surface area contributed by atoms with Gasteiger partial charge in [-0.25, -0.2) is 14.6 Å². The minimum absolute atomic E-state index is 0.144. The molecule has 2 aromatic heterocycles. The van der Waals surface area contributed by atoms with Gasteiger partial charge >= 0.3 is 0 Å². The predicted octanol–water partition coefficient (Wildman–Crippen LogP) is 6.22. The number of fused-ring (bicyclic) bond motifs is 1. The Bertz CT molecular complexity index is 1320. The second-order valence-corrected chi connectivity index (χ2v) is 16.8. The summed E-state index contributed by atoms with van der Waals surface area (Å²) in [5, 5.41) is 17.8. The molecule has 1 aromatic carbocycles. The fourth-order valence-corrected chi connectivity index (χ4v) is 5.75. The zero-order chi connectivity index (χ0) is 27.6. The second kappa shape index (κ2) is 11.0. The monoisotopic (exact) mass is 532 g/mol. The van der Waals surface area contributed by atoms with Gasteiger partial charge in [-0.3, -0.25) is 0 Å². The standard InChI is InChI=1S/C29H40N6O2Si/c1-28(2,3)38(6,7)37-20-29(4)12-9-23-22(19-30)17-21(18-24(23)29)25-10-13-31-27(33-25)34-26-11-14-32-35(26)15-8-16-36-5/h10-11,13-14,17-18H,8-9,12,15-16,20H2,1-7H3,(H,31,33,34)/t29-/m0/s1. The number of methoxy groups -OCH3 is 1. The summed E-state index contributed by atoms with van der Waals surface area (Å²) in [4.78, 5) is 9.23. The maximum atomic E-state index is 10.0. The van der Waals surface area contributed by atoms with Crippen LogP contribution in [0.25, 0.3) is 11.3 Å². The van der Waals surface area contributed by atoms with Crippen LogP contribution in [0.5, 0.6) is 0 Å². The van der Waals surface area contributed by atoms with Crippen molar-refractivity contribution in [2.75, 3.05) is 25.6 Å². The van der Waals surface area contributed by atoms with Crippen molar-refractivity contribution in [3.05, 3.63) is 53.3 Å². The molecule has 8 nitrogen and oxygen atoms in total. The molecule has 0 saturated heterocycles. The van der Waals surface area contributed by atoms with E-state index in [-0.39, 0.29) is 10.5 Å². The minimum atomic E-state index is -1.90. The summed E-state index contributed by atoms with van der Waals surface area (Å²) in [6.45, 7) is 15.7. The number of nitrogens with one attached hydrogen (secondary N) is 1. The Morgan fingerprint density at radius 1 is 1.21 bits per heavy atom. The largest absolute Gasteiger partial charge is 0.416 e. The molecule has 1 N–H and O–H groups in total. The van der Waals surface area contributed by atoms with Gasteiger partial charge in [0.1, 0.15) is 5.82 Å². The minimum Gasteiger partial charge on any atom is -0.416 e. The van der Waals surface area contributed by atoms with Crippen LogP contribution < -0.4 is 5.32 Å². The van der Waals surface area contributed by atoms with E-state index in [1.54, 1.807) is 19.5 Å². The Kier molecular flexibility index (Phi) is 8.07. The van der Waals surface area contributed by atoms with Crippen molar-refractivity contribution in [3.8, 4) is 17.3 Å². The van der Waals surface area contributed by atoms with Crippen LogP contribution in [-0.4, -0.2) is 48.4 Å². The van der Waals surface area contributed by atoms with Crippen molar-refractivity contribution in [2.45, 2.75) is 77.0 Å². The highest BCUT2D eigenvalue weighted by atomic mass is 28.4. The van der Waals surface area contributed by atoms with Crippen LogP contribution in [0.15, 0.2) is 36.7 Å². The number of nitriles is 1. The first kappa shape index (κ1) is 28.0. The van der Waals surface area contributed by atoms with Gasteiger partial charge < -0.3 is 14.5 Å². The van der Waals surface area contributed by atoms with E-state index >= 15 is 0 Å². The first-order valence-corrected chi connectivity index (χ1v) is 16.2. The van der Waals surface area contributed by atoms with E-state index < -0.39 is 8.32 Å². The van der Waals surface area contributed by atoms with Gasteiger partial charge in [0.05, 0.1) is 23.5 Å². The normalized spacial score (nSPS) is 17.3. The molecule has 0 bridgehead atoms. The smallest absolute Gasteiger partial charge is 0.228 e. The van der Waals surface area contributed by atoms with Gasteiger partial charge in [0.15, 0.2) is 8.32 Å². The van der Waals surface area contributed by atoms with Crippen molar-refractivity contribution >= 4 is 20.1 Å². The van der Waals surface area contributed by atoms with E-state index in [0.717, 1.165) is 54.0 Å². The number of hydrogen-bond acceptors (Lipinski definition) is 7. The van der Waals surface area contributed by atoms with Gasteiger partial charge in [-0.2, -0.15) is 10.4 Å². The van der Waals surface area contributed by atoms with Gasteiger partial charge in [0.2, 0.25) is 5.95 Å². The molecule has 9 heteroatoms. The van der Waals surface area contributed by atoms with E-state index in [1.807, 2.05) is 22.9 Å². The third-order valence-electron chi connectivity index (χ3n) is 8.13. The SMILES string of the molecule is COCCCn1nccc1Nc1nccc(-c2cc(C#N)c3c(c2)[C@](C)(CO[Si](C)(C)C(C)(C)C)CC3)n1. The highest BCUT2D eigenvalue weighted by Crippen LogP contribution is 2.44. The molecule has 1 atom stereocenters. The van der Waals surface area contributed by atoms with Crippen LogP contribution in [0.3, 0.4) is 0 Å². The number of benzene rings is 1. The molecular formula is C29H40N6O2Si. The van der Waals surface area contributed by atoms with Crippen LogP contribution in [0.2, 0.25) is 18.1 Å². The zero-order valence-electron chi connectivity index (χ0n) is 23.8. The molecule has 4 rings (SSSR count). The Hall–Kier alpha value is -3.06. The molecule has 0 amide bonds. The summed E-state index contributed by atoms with van der Waals surface area (Å²) in [5.41, 5.74) is 4.61. The molecule has 0 radical (unpaired) electrons. The second-order valence-electron chi connectivity index (χ2n) is 11.9. The Balaban J connectivity index is 1.62. The van der Waals surface area contributed by atoms with Gasteiger partial charge in [0.25, 0.3) is 0 Å². The summed E-state index contributed by atoms with van der Waals surface area (Å²) in [7, 11) is -0.206. The Morgan fingerprint density at radius 2 is 2.00 bits per heavy atom. The van der Waals surface area contributed by atoms with Crippen LogP contribution in [-0.2, 0) is 27.5 Å². The number of aryl methyl sites for hydroxylation is 1. The molecule has 38 heavy (non-hydrogen) atoms. The maximum absolute atomic E-state index is 10.0. The Morgan fingerprint density at radius 3 is 2.71 bits per heavy atom. The lowest BCUT2D eigenvalue weighted by atomic mass is 9.83. The molecule has 1 aliphatic carbocycles. The van der Waals surface area contributed by atoms with Crippen molar-refractivity contribution in [1.29, 1.82) is 5.26 Å². The molecule has 1 aliphatic rings. The molecule has 0 aliphatic heterocycles. The lowest BCUT2D eigenvalue weighted by molar-refractivity contribution is 0.189. The maximum Gasteiger partial charge on any atom is 0.228 e. The summed E-state index contributed by atoms with van der Waals surface area (Å²) in [6.07, 6.45) is 6.22. The lowest BCUT2D eigenvalue weighted by Gasteiger charge is -2.39. The fourth-order valence-electron chi connectivity index (χ4n) is 4.64. The van der Waals surface area contributed by atoms with Crippen LogP contribution in [0, 0.1) is 11.3 Å². The molecule has 202 valence electrons. The predicted molar refractivity (Wildman–Crippen MR) is 153 cm³/mol. The number of anilines is 2. The molecular weight excluding hydrogens is 492 g/mol. The van der Waals surface area contributed by atoms with E-state index in [9.17, 15) is 5.26 Å². The van der Waals surface area contributed by atoms with Crippen LogP contribution in [0.1, 0.15) is 57.2 Å². The highest BCUT2D eigenvalue weighted by molar-refractivity contribution is 6.74. The van der Waals surface area contributed by atoms with Gasteiger partial charge in [-0.1, -0.05) is 27.7 Å². The number of nitrogens with zero attached hydrogens (tertiary/aromatic N) is 5. The lowest BCUT2D eigenvalue weighted by Crippen LogP contribution is -2.44. The van der Waals surface area contributed by atoms with E-state index in [1.165, 1.54) is 5.56 Å². The number of aromatic nitrogens is 4. The third kappa shape index (κ3) is 5.83. The summed E-state index contributed by atoms with van der Waals surface area (Å²) in [6, 6.07) is 10.4. The van der Waals surface area contributed by atoms with Crippen molar-refractivity contribution in [1.82, 2.24) is 19.7 Å². The molecule has 0 spiro atoms. The molecule has 0 saturated carbocycles. The van der Waals surface area contributed by atoms with E-state index in [0.29, 0.717) is 19.2 Å². The molecule has 0 fully saturated rings. The topological polar surface area (TPSA) is 97.9 Å². The number of ether oxygens (including phenoxy) is 1. The summed E-state index contributed by atoms with van der Waals surface area (Å²) >= 11 is 0. The number of hydrogen-bond donors (Lipinski definition) is 1. The number of rotatable bonds is 10. The summed E-state index contributed by atoms with van der Waals surface area (Å²) in [5.74, 6) is 1.30. The van der Waals surface area contributed by atoms with E-state index in [4.69, 9.17) is 14.1 Å². The van der Waals surface area contributed by atoms with Crippen molar-refractivity contribution < 1.29 is 9.16 Å². The quantitative estimate of drug-likeness (QED) is 0.245. The molecule has 0 unspecified atom stereocenters. The van der Waals surface area contributed by atoms with Crippen molar-refractivity contribution in [2.24, 2.45) is 0 Å². The van der Waals surface area contributed by atoms with Crippen molar-refractivity contribution in [3.63, 3.8) is 0 Å². The fraction of sp³-hybridized carbons (Fsp3) is 0.517. The zero-order valence-corrected chi connectivity index (χ0v) is 24.8. The van der Waals surface area contributed by atoms with Gasteiger partial charge in [-0.05, 0) is 66.7 Å². The first-order chi connectivity index (χ1) is 18.0.